The first-order valence-corrected chi connectivity index (χ1v) is 13.1. The highest BCUT2D eigenvalue weighted by Crippen LogP contribution is 2.38. The fourth-order valence-electron chi connectivity index (χ4n) is 4.51. The number of amides is 1. The van der Waals surface area contributed by atoms with E-state index >= 15 is 0 Å². The molecule has 1 aliphatic carbocycles. The Kier molecular flexibility index (Phi) is 6.50. The lowest BCUT2D eigenvalue weighted by Crippen LogP contribution is -2.28. The fraction of sp³-hybridized carbons (Fsp3) is 0.542. The highest BCUT2D eigenvalue weighted by atomic mass is 32.2. The highest BCUT2D eigenvalue weighted by molar-refractivity contribution is 7.89. The Bertz CT molecular complexity index is 1350. The molecule has 0 saturated heterocycles. The maximum Gasteiger partial charge on any atom is 0.283 e. The molecular formula is C24H31F2N5O3S. The number of carbonyl (C=O) groups excluding carboxylic acids is 1. The van der Waals surface area contributed by atoms with Gasteiger partial charge in [0.05, 0.1) is 28.5 Å². The van der Waals surface area contributed by atoms with Crippen molar-refractivity contribution in [1.29, 1.82) is 0 Å². The number of imidazole rings is 1. The molecule has 8 nitrogen and oxygen atoms in total. The van der Waals surface area contributed by atoms with Gasteiger partial charge < -0.3 is 9.88 Å². The normalized spacial score (nSPS) is 17.1. The van der Waals surface area contributed by atoms with Crippen LogP contribution in [-0.4, -0.2) is 46.0 Å². The minimum Gasteiger partial charge on any atom is -0.359 e. The van der Waals surface area contributed by atoms with Crippen molar-refractivity contribution in [2.24, 2.45) is 5.92 Å². The van der Waals surface area contributed by atoms with Gasteiger partial charge in [-0.15, -0.1) is 0 Å². The van der Waals surface area contributed by atoms with E-state index in [2.05, 4.69) is 15.0 Å². The van der Waals surface area contributed by atoms with Crippen LogP contribution in [0.4, 0.5) is 8.78 Å². The predicted molar refractivity (Wildman–Crippen MR) is 128 cm³/mol. The van der Waals surface area contributed by atoms with E-state index in [1.807, 2.05) is 20.8 Å². The summed E-state index contributed by atoms with van der Waals surface area (Å²) in [5, 5.41) is 6.44. The number of nitrogens with zero attached hydrogens (tertiary/aromatic N) is 4. The van der Waals surface area contributed by atoms with E-state index in [-0.39, 0.29) is 41.4 Å². The number of hydrogen-bond donors (Lipinski definition) is 1. The Morgan fingerprint density at radius 3 is 2.54 bits per heavy atom. The van der Waals surface area contributed by atoms with Gasteiger partial charge in [0.15, 0.2) is 0 Å². The molecule has 0 spiro atoms. The Morgan fingerprint density at radius 1 is 1.23 bits per heavy atom. The van der Waals surface area contributed by atoms with E-state index in [9.17, 15) is 22.0 Å². The lowest BCUT2D eigenvalue weighted by molar-refractivity contribution is -0.119. The van der Waals surface area contributed by atoms with Crippen LogP contribution in [0, 0.1) is 5.92 Å². The zero-order valence-electron chi connectivity index (χ0n) is 20.4. The number of likely N-dealkylation sites (N-methyl/N-ethyl adjacent to an activating group) is 1. The van der Waals surface area contributed by atoms with Gasteiger partial charge in [-0.05, 0) is 37.0 Å². The lowest BCUT2D eigenvalue weighted by atomic mass is 9.86. The number of aromatic nitrogens is 4. The number of carbonyl (C=O) groups is 1. The summed E-state index contributed by atoms with van der Waals surface area (Å²) in [7, 11) is -2.48. The molecule has 0 radical (unpaired) electrons. The predicted octanol–water partition coefficient (Wildman–Crippen LogP) is 3.88. The molecule has 1 aliphatic rings. The zero-order valence-corrected chi connectivity index (χ0v) is 21.2. The van der Waals surface area contributed by atoms with Crippen molar-refractivity contribution in [1.82, 2.24) is 24.1 Å². The maximum absolute atomic E-state index is 13.7. The average Bonchev–Trinajstić information content (AvgIpc) is 3.40. The number of hydrogen-bond acceptors (Lipinski definition) is 5. The Labute approximate surface area is 203 Å². The molecule has 0 atom stereocenters. The summed E-state index contributed by atoms with van der Waals surface area (Å²) in [6, 6.07) is 4.75. The summed E-state index contributed by atoms with van der Waals surface area (Å²) in [4.78, 5) is 16.4. The van der Waals surface area contributed by atoms with Crippen LogP contribution < -0.4 is 5.32 Å². The van der Waals surface area contributed by atoms with Crippen molar-refractivity contribution in [3.05, 3.63) is 42.0 Å². The molecular weight excluding hydrogens is 476 g/mol. The SMILES string of the molecule is CNC(=O)Cc1cnn(S(=O)(=O)c2ccc3c(c2)nc(C(C)(C)C)n3CC2CCC(F)(F)CC2)c1. The van der Waals surface area contributed by atoms with Crippen LogP contribution in [0.1, 0.15) is 57.8 Å². The zero-order chi connectivity index (χ0) is 25.6. The van der Waals surface area contributed by atoms with Gasteiger partial charge >= 0.3 is 0 Å². The van der Waals surface area contributed by atoms with E-state index in [1.165, 1.54) is 31.6 Å². The molecule has 1 N–H and O–H groups in total. The Balaban J connectivity index is 1.68. The quantitative estimate of drug-likeness (QED) is 0.546. The van der Waals surface area contributed by atoms with Crippen molar-refractivity contribution in [3.63, 3.8) is 0 Å². The number of nitrogens with one attached hydrogen (secondary N) is 1. The molecule has 0 unspecified atom stereocenters. The first-order valence-electron chi connectivity index (χ1n) is 11.7. The van der Waals surface area contributed by atoms with Crippen LogP contribution in [0.3, 0.4) is 0 Å². The summed E-state index contributed by atoms with van der Waals surface area (Å²) in [5.41, 5.74) is 1.45. The van der Waals surface area contributed by atoms with Crippen molar-refractivity contribution in [2.75, 3.05) is 7.05 Å². The van der Waals surface area contributed by atoms with E-state index in [1.54, 1.807) is 6.07 Å². The molecule has 2 heterocycles. The molecule has 0 bridgehead atoms. The molecule has 1 amide bonds. The van der Waals surface area contributed by atoms with Crippen LogP contribution >= 0.6 is 0 Å². The molecule has 35 heavy (non-hydrogen) atoms. The summed E-state index contributed by atoms with van der Waals surface area (Å²) in [6.45, 7) is 6.63. The van der Waals surface area contributed by atoms with Gasteiger partial charge in [-0.25, -0.2) is 13.8 Å². The van der Waals surface area contributed by atoms with E-state index in [0.29, 0.717) is 30.5 Å². The van der Waals surface area contributed by atoms with Crippen molar-refractivity contribution < 1.29 is 22.0 Å². The molecule has 1 saturated carbocycles. The van der Waals surface area contributed by atoms with Gasteiger partial charge in [-0.3, -0.25) is 4.79 Å². The van der Waals surface area contributed by atoms with Crippen LogP contribution in [-0.2, 0) is 33.2 Å². The molecule has 4 rings (SSSR count). The third-order valence-electron chi connectivity index (χ3n) is 6.47. The van der Waals surface area contributed by atoms with Gasteiger partial charge in [0.25, 0.3) is 10.0 Å². The molecule has 1 aromatic carbocycles. The molecule has 0 aliphatic heterocycles. The first kappa shape index (κ1) is 25.3. The van der Waals surface area contributed by atoms with Gasteiger partial charge in [-0.1, -0.05) is 20.8 Å². The lowest BCUT2D eigenvalue weighted by Gasteiger charge is -2.30. The smallest absolute Gasteiger partial charge is 0.283 e. The van der Waals surface area contributed by atoms with Gasteiger partial charge in [0, 0.05) is 43.6 Å². The van der Waals surface area contributed by atoms with Gasteiger partial charge in [0.1, 0.15) is 5.82 Å². The summed E-state index contributed by atoms with van der Waals surface area (Å²) < 4.78 is 56.6. The number of benzene rings is 1. The van der Waals surface area contributed by atoms with Crippen LogP contribution in [0.2, 0.25) is 0 Å². The maximum atomic E-state index is 13.7. The third-order valence-corrected chi connectivity index (χ3v) is 8.01. The molecule has 11 heteroatoms. The van der Waals surface area contributed by atoms with Crippen LogP contribution in [0.5, 0.6) is 0 Å². The summed E-state index contributed by atoms with van der Waals surface area (Å²) in [5.74, 6) is -1.94. The van der Waals surface area contributed by atoms with E-state index in [0.717, 1.165) is 15.4 Å². The van der Waals surface area contributed by atoms with Gasteiger partial charge in [-0.2, -0.15) is 17.6 Å². The topological polar surface area (TPSA) is 98.9 Å². The van der Waals surface area contributed by atoms with E-state index < -0.39 is 15.9 Å². The number of rotatable bonds is 6. The van der Waals surface area contributed by atoms with Crippen LogP contribution in [0.25, 0.3) is 11.0 Å². The minimum atomic E-state index is -3.99. The van der Waals surface area contributed by atoms with E-state index in [4.69, 9.17) is 4.98 Å². The summed E-state index contributed by atoms with van der Waals surface area (Å²) >= 11 is 0. The monoisotopic (exact) mass is 507 g/mol. The first-order chi connectivity index (χ1) is 16.3. The van der Waals surface area contributed by atoms with Crippen LogP contribution in [0.15, 0.2) is 35.5 Å². The second kappa shape index (κ2) is 9.00. The Hall–Kier alpha value is -2.82. The largest absolute Gasteiger partial charge is 0.359 e. The van der Waals surface area contributed by atoms with Crippen molar-refractivity contribution in [3.8, 4) is 0 Å². The fourth-order valence-corrected chi connectivity index (χ4v) is 5.67. The summed E-state index contributed by atoms with van der Waals surface area (Å²) in [6.07, 6.45) is 3.38. The van der Waals surface area contributed by atoms with Crippen molar-refractivity contribution >= 4 is 27.0 Å². The molecule has 3 aromatic rings. The Morgan fingerprint density at radius 2 is 1.91 bits per heavy atom. The molecule has 1 fully saturated rings. The average molecular weight is 508 g/mol. The number of alkyl halides is 2. The van der Waals surface area contributed by atoms with Gasteiger partial charge in [0.2, 0.25) is 11.8 Å². The molecule has 190 valence electrons. The number of halogens is 2. The minimum absolute atomic E-state index is 0.0253. The number of fused-ring (bicyclic) bond motifs is 1. The second-order valence-corrected chi connectivity index (χ2v) is 12.1. The third kappa shape index (κ3) is 5.24. The molecule has 2 aromatic heterocycles. The van der Waals surface area contributed by atoms with Crippen molar-refractivity contribution in [2.45, 2.75) is 75.7 Å². The highest BCUT2D eigenvalue weighted by Gasteiger charge is 2.36. The standard InChI is InChI=1S/C24H31F2N5O3S/c1-23(2,3)22-29-19-12-18(35(33,34)31-15-17(13-28-31)11-21(32)27-4)5-6-20(19)30(22)14-16-7-9-24(25,26)10-8-16/h5-6,12-13,15-16H,7-11,14H2,1-4H3,(H,27,32). The second-order valence-electron chi connectivity index (χ2n) is 10.3.